The van der Waals surface area contributed by atoms with E-state index in [1.807, 2.05) is 17.4 Å². The lowest BCUT2D eigenvalue weighted by Gasteiger charge is -2.28. The standard InChI is InChI=1S/C54H36N2S/c1-54(47-24-12-9-19-41(47)42-20-10-13-25-48(42)54)38-30-27-35(28-31-38)39-17-5-7-21-43(39)49-34-50(56-53(55-49)36-15-3-2-4-16-36)44-22-8-6-18-40(44)37-29-32-52-46(33-37)45-23-11-14-26-51(45)57-52/h2-34H,1H3. The highest BCUT2D eigenvalue weighted by Crippen LogP contribution is 2.52. The first kappa shape index (κ1) is 33.4. The molecule has 3 heteroatoms. The Morgan fingerprint density at radius 2 is 0.860 bits per heavy atom. The van der Waals surface area contributed by atoms with Gasteiger partial charge in [0.25, 0.3) is 0 Å². The second-order valence-electron chi connectivity index (χ2n) is 15.0. The van der Waals surface area contributed by atoms with E-state index in [0.29, 0.717) is 5.82 Å². The smallest absolute Gasteiger partial charge is 0.160 e. The molecule has 0 bridgehead atoms. The third-order valence-electron chi connectivity index (χ3n) is 11.8. The monoisotopic (exact) mass is 744 g/mol. The van der Waals surface area contributed by atoms with Crippen molar-refractivity contribution in [3.8, 4) is 67.3 Å². The maximum atomic E-state index is 5.29. The maximum Gasteiger partial charge on any atom is 0.160 e. The largest absolute Gasteiger partial charge is 0.228 e. The second-order valence-corrected chi connectivity index (χ2v) is 16.1. The van der Waals surface area contributed by atoms with Gasteiger partial charge in [0, 0.05) is 42.3 Å². The summed E-state index contributed by atoms with van der Waals surface area (Å²) >= 11 is 1.85. The highest BCUT2D eigenvalue weighted by Gasteiger charge is 2.40. The van der Waals surface area contributed by atoms with Crippen LogP contribution in [0.3, 0.4) is 0 Å². The zero-order valence-electron chi connectivity index (χ0n) is 31.4. The normalized spacial score (nSPS) is 12.8. The van der Waals surface area contributed by atoms with Crippen LogP contribution in [0.15, 0.2) is 200 Å². The van der Waals surface area contributed by atoms with Gasteiger partial charge in [0.2, 0.25) is 0 Å². The van der Waals surface area contributed by atoms with Gasteiger partial charge in [-0.05, 0) is 81.3 Å². The van der Waals surface area contributed by atoms with Crippen LogP contribution in [-0.2, 0) is 5.41 Å². The maximum absolute atomic E-state index is 5.29. The average Bonchev–Trinajstić information content (AvgIpc) is 3.79. The van der Waals surface area contributed by atoms with E-state index in [1.54, 1.807) is 0 Å². The summed E-state index contributed by atoms with van der Waals surface area (Å²) in [6.07, 6.45) is 0. The fourth-order valence-corrected chi connectivity index (χ4v) is 10.1. The highest BCUT2D eigenvalue weighted by atomic mass is 32.1. The SMILES string of the molecule is CC1(c2ccc(-c3ccccc3-c3cc(-c4ccccc4-c4ccc5sc6ccccc6c5c4)nc(-c4ccccc4)n3)cc2)c2ccccc2-c2ccccc21. The minimum absolute atomic E-state index is 0.244. The fourth-order valence-electron chi connectivity index (χ4n) is 9.00. The number of thiophene rings is 1. The molecule has 0 N–H and O–H groups in total. The van der Waals surface area contributed by atoms with Gasteiger partial charge in [-0.25, -0.2) is 9.97 Å². The quantitative estimate of drug-likeness (QED) is 0.169. The van der Waals surface area contributed by atoms with Crippen molar-refractivity contribution in [2.45, 2.75) is 12.3 Å². The fraction of sp³-hybridized carbons (Fsp3) is 0.0370. The van der Waals surface area contributed by atoms with Crippen LogP contribution >= 0.6 is 11.3 Å². The van der Waals surface area contributed by atoms with Crippen molar-refractivity contribution in [2.24, 2.45) is 0 Å². The van der Waals surface area contributed by atoms with Crippen LogP contribution in [-0.4, -0.2) is 9.97 Å². The molecule has 0 unspecified atom stereocenters. The van der Waals surface area contributed by atoms with Crippen LogP contribution < -0.4 is 0 Å². The van der Waals surface area contributed by atoms with Gasteiger partial charge in [0.05, 0.1) is 11.4 Å². The lowest BCUT2D eigenvalue weighted by atomic mass is 9.74. The molecule has 1 aliphatic rings. The molecule has 0 saturated heterocycles. The summed E-state index contributed by atoms with van der Waals surface area (Å²) in [7, 11) is 0. The molecule has 0 radical (unpaired) electrons. The van der Waals surface area contributed by atoms with Crippen LogP contribution in [0.4, 0.5) is 0 Å². The number of benzene rings is 8. The number of fused-ring (bicyclic) bond motifs is 6. The van der Waals surface area contributed by atoms with Gasteiger partial charge in [-0.3, -0.25) is 0 Å². The molecule has 0 amide bonds. The second kappa shape index (κ2) is 13.4. The van der Waals surface area contributed by atoms with Crippen molar-refractivity contribution in [3.63, 3.8) is 0 Å². The van der Waals surface area contributed by atoms with Crippen LogP contribution in [0.5, 0.6) is 0 Å². The lowest BCUT2D eigenvalue weighted by molar-refractivity contribution is 0.714. The predicted molar refractivity (Wildman–Crippen MR) is 240 cm³/mol. The Balaban J connectivity index is 1.04. The Labute approximate surface area is 336 Å². The van der Waals surface area contributed by atoms with Crippen molar-refractivity contribution >= 4 is 31.5 Å². The molecule has 57 heavy (non-hydrogen) atoms. The van der Waals surface area contributed by atoms with Gasteiger partial charge in [-0.2, -0.15) is 0 Å². The van der Waals surface area contributed by atoms with Gasteiger partial charge < -0.3 is 0 Å². The minimum Gasteiger partial charge on any atom is -0.228 e. The molecule has 11 rings (SSSR count). The molecule has 8 aromatic carbocycles. The van der Waals surface area contributed by atoms with Gasteiger partial charge >= 0.3 is 0 Å². The minimum atomic E-state index is -0.244. The topological polar surface area (TPSA) is 25.8 Å². The molecule has 0 saturated carbocycles. The third-order valence-corrected chi connectivity index (χ3v) is 13.0. The molecule has 2 aromatic heterocycles. The zero-order valence-corrected chi connectivity index (χ0v) is 32.2. The molecular weight excluding hydrogens is 709 g/mol. The average molecular weight is 745 g/mol. The Hall–Kier alpha value is -6.94. The summed E-state index contributed by atoms with van der Waals surface area (Å²) in [6.45, 7) is 2.37. The van der Waals surface area contributed by atoms with Gasteiger partial charge in [0.1, 0.15) is 0 Å². The molecule has 2 nitrogen and oxygen atoms in total. The predicted octanol–water partition coefficient (Wildman–Crippen LogP) is 14.5. The zero-order chi connectivity index (χ0) is 37.9. The summed E-state index contributed by atoms with van der Waals surface area (Å²) in [4.78, 5) is 10.6. The van der Waals surface area contributed by atoms with Crippen molar-refractivity contribution < 1.29 is 0 Å². The van der Waals surface area contributed by atoms with Gasteiger partial charge in [0.15, 0.2) is 5.82 Å². The van der Waals surface area contributed by atoms with Crippen LogP contribution in [0.1, 0.15) is 23.6 Å². The van der Waals surface area contributed by atoms with Crippen LogP contribution in [0.25, 0.3) is 87.5 Å². The summed E-state index contributed by atoms with van der Waals surface area (Å²) in [5.41, 5.74) is 15.9. The van der Waals surface area contributed by atoms with Crippen molar-refractivity contribution in [1.29, 1.82) is 0 Å². The molecule has 0 atom stereocenters. The van der Waals surface area contributed by atoms with Crippen molar-refractivity contribution in [3.05, 3.63) is 217 Å². The summed E-state index contributed by atoms with van der Waals surface area (Å²) in [5.74, 6) is 0.703. The van der Waals surface area contributed by atoms with E-state index in [2.05, 4.69) is 201 Å². The van der Waals surface area contributed by atoms with Crippen molar-refractivity contribution in [1.82, 2.24) is 9.97 Å². The lowest BCUT2D eigenvalue weighted by Crippen LogP contribution is -2.22. The Morgan fingerprint density at radius 3 is 1.51 bits per heavy atom. The summed E-state index contributed by atoms with van der Waals surface area (Å²) < 4.78 is 2.60. The molecule has 0 spiro atoms. The molecule has 0 aliphatic heterocycles. The molecule has 0 fully saturated rings. The Kier molecular flexibility index (Phi) is 7.84. The van der Waals surface area contributed by atoms with Gasteiger partial charge in [-0.1, -0.05) is 176 Å². The Morgan fingerprint density at radius 1 is 0.368 bits per heavy atom. The van der Waals surface area contributed by atoms with E-state index in [1.165, 1.54) is 53.6 Å². The first-order valence-corrected chi connectivity index (χ1v) is 20.3. The van der Waals surface area contributed by atoms with Crippen molar-refractivity contribution in [2.75, 3.05) is 0 Å². The molecule has 10 aromatic rings. The number of rotatable bonds is 6. The third kappa shape index (κ3) is 5.46. The van der Waals surface area contributed by atoms with E-state index < -0.39 is 0 Å². The molecule has 1 aliphatic carbocycles. The summed E-state index contributed by atoms with van der Waals surface area (Å²) in [5, 5.41) is 2.58. The van der Waals surface area contributed by atoms with Crippen LogP contribution in [0, 0.1) is 0 Å². The van der Waals surface area contributed by atoms with E-state index in [0.717, 1.165) is 44.8 Å². The molecule has 2 heterocycles. The first-order valence-electron chi connectivity index (χ1n) is 19.5. The van der Waals surface area contributed by atoms with E-state index in [9.17, 15) is 0 Å². The van der Waals surface area contributed by atoms with Crippen LogP contribution in [0.2, 0.25) is 0 Å². The molecule has 268 valence electrons. The van der Waals surface area contributed by atoms with Gasteiger partial charge in [-0.15, -0.1) is 11.3 Å². The highest BCUT2D eigenvalue weighted by molar-refractivity contribution is 7.25. The van der Waals surface area contributed by atoms with E-state index >= 15 is 0 Å². The summed E-state index contributed by atoms with van der Waals surface area (Å²) in [6, 6.07) is 72.2. The van der Waals surface area contributed by atoms with E-state index in [4.69, 9.17) is 9.97 Å². The molecular formula is C54H36N2S. The number of hydrogen-bond acceptors (Lipinski definition) is 3. The van der Waals surface area contributed by atoms with E-state index in [-0.39, 0.29) is 5.41 Å². The number of hydrogen-bond donors (Lipinski definition) is 0. The number of aromatic nitrogens is 2. The Bertz CT molecular complexity index is 3090. The first-order chi connectivity index (χ1) is 28.1. The number of nitrogens with zero attached hydrogens (tertiary/aromatic N) is 2.